The van der Waals surface area contributed by atoms with Crippen molar-refractivity contribution in [1.29, 1.82) is 5.26 Å². The van der Waals surface area contributed by atoms with Gasteiger partial charge in [0, 0.05) is 12.6 Å². The van der Waals surface area contributed by atoms with Gasteiger partial charge in [-0.3, -0.25) is 4.79 Å². The molecule has 0 saturated heterocycles. The summed E-state index contributed by atoms with van der Waals surface area (Å²) < 4.78 is 4.86. The standard InChI is InChI=1S/C11H14N2O2/c1-9(2)13(6-3-5-12)11(14)10-4-7-15-8-10/h4,7-9H,3,6H2,1-2H3. The first-order valence-corrected chi connectivity index (χ1v) is 4.87. The molecule has 1 heterocycles. The largest absolute Gasteiger partial charge is 0.472 e. The van der Waals surface area contributed by atoms with Crippen molar-refractivity contribution in [2.24, 2.45) is 0 Å². The van der Waals surface area contributed by atoms with Crippen molar-refractivity contribution in [2.45, 2.75) is 26.3 Å². The van der Waals surface area contributed by atoms with Crippen LogP contribution in [0, 0.1) is 11.3 Å². The number of nitrogens with zero attached hydrogens (tertiary/aromatic N) is 2. The summed E-state index contributed by atoms with van der Waals surface area (Å²) in [5.74, 6) is -0.0889. The van der Waals surface area contributed by atoms with Crippen molar-refractivity contribution in [1.82, 2.24) is 4.90 Å². The zero-order valence-electron chi connectivity index (χ0n) is 8.93. The number of hydrogen-bond donors (Lipinski definition) is 0. The Hall–Kier alpha value is -1.76. The maximum atomic E-state index is 11.9. The molecule has 1 rings (SSSR count). The fourth-order valence-corrected chi connectivity index (χ4v) is 1.32. The molecule has 1 aromatic rings. The first-order chi connectivity index (χ1) is 7.16. The van der Waals surface area contributed by atoms with Gasteiger partial charge in [0.25, 0.3) is 5.91 Å². The average molecular weight is 206 g/mol. The number of furan rings is 1. The van der Waals surface area contributed by atoms with Gasteiger partial charge in [-0.2, -0.15) is 5.26 Å². The van der Waals surface area contributed by atoms with Crippen LogP contribution in [0.1, 0.15) is 30.6 Å². The van der Waals surface area contributed by atoms with E-state index in [1.165, 1.54) is 12.5 Å². The smallest absolute Gasteiger partial charge is 0.257 e. The molecular weight excluding hydrogens is 192 g/mol. The van der Waals surface area contributed by atoms with Gasteiger partial charge in [-0.25, -0.2) is 0 Å². The van der Waals surface area contributed by atoms with Gasteiger partial charge in [-0.05, 0) is 19.9 Å². The zero-order chi connectivity index (χ0) is 11.3. The predicted octanol–water partition coefficient (Wildman–Crippen LogP) is 2.04. The van der Waals surface area contributed by atoms with Crippen molar-refractivity contribution in [3.05, 3.63) is 24.2 Å². The van der Waals surface area contributed by atoms with Gasteiger partial charge < -0.3 is 9.32 Å². The highest BCUT2D eigenvalue weighted by atomic mass is 16.3. The topological polar surface area (TPSA) is 57.2 Å². The van der Waals surface area contributed by atoms with E-state index < -0.39 is 0 Å². The van der Waals surface area contributed by atoms with E-state index >= 15 is 0 Å². The number of rotatable bonds is 4. The summed E-state index contributed by atoms with van der Waals surface area (Å²) >= 11 is 0. The van der Waals surface area contributed by atoms with Gasteiger partial charge in [-0.1, -0.05) is 0 Å². The lowest BCUT2D eigenvalue weighted by Gasteiger charge is -2.25. The predicted molar refractivity (Wildman–Crippen MR) is 55.1 cm³/mol. The first-order valence-electron chi connectivity index (χ1n) is 4.87. The first kappa shape index (κ1) is 11.3. The highest BCUT2D eigenvalue weighted by molar-refractivity contribution is 5.94. The van der Waals surface area contributed by atoms with E-state index in [1.54, 1.807) is 11.0 Å². The fraction of sp³-hybridized carbons (Fsp3) is 0.455. The van der Waals surface area contributed by atoms with Crippen LogP contribution in [0.25, 0.3) is 0 Å². The molecule has 0 fully saturated rings. The van der Waals surface area contributed by atoms with Crippen LogP contribution in [0.3, 0.4) is 0 Å². The molecule has 4 heteroatoms. The van der Waals surface area contributed by atoms with Gasteiger partial charge in [-0.15, -0.1) is 0 Å². The highest BCUT2D eigenvalue weighted by Crippen LogP contribution is 2.09. The number of nitriles is 1. The molecule has 0 aliphatic heterocycles. The third-order valence-electron chi connectivity index (χ3n) is 2.12. The average Bonchev–Trinajstić information content (AvgIpc) is 2.70. The summed E-state index contributed by atoms with van der Waals surface area (Å²) in [4.78, 5) is 13.6. The Morgan fingerprint density at radius 3 is 2.87 bits per heavy atom. The molecule has 0 spiro atoms. The Kier molecular flexibility index (Phi) is 3.92. The van der Waals surface area contributed by atoms with Crippen LogP contribution < -0.4 is 0 Å². The zero-order valence-corrected chi connectivity index (χ0v) is 8.93. The third kappa shape index (κ3) is 2.84. The summed E-state index contributed by atoms with van der Waals surface area (Å²) in [7, 11) is 0. The monoisotopic (exact) mass is 206 g/mol. The van der Waals surface area contributed by atoms with Crippen molar-refractivity contribution < 1.29 is 9.21 Å². The molecule has 0 aliphatic carbocycles. The molecule has 0 bridgehead atoms. The van der Waals surface area contributed by atoms with Crippen LogP contribution in [-0.2, 0) is 0 Å². The molecule has 0 N–H and O–H groups in total. The minimum Gasteiger partial charge on any atom is -0.472 e. The van der Waals surface area contributed by atoms with Crippen LogP contribution in [0.4, 0.5) is 0 Å². The van der Waals surface area contributed by atoms with E-state index in [4.69, 9.17) is 9.68 Å². The summed E-state index contributed by atoms with van der Waals surface area (Å²) in [5.41, 5.74) is 0.529. The molecule has 0 aliphatic rings. The number of hydrogen-bond acceptors (Lipinski definition) is 3. The van der Waals surface area contributed by atoms with E-state index in [1.807, 2.05) is 19.9 Å². The van der Waals surface area contributed by atoms with E-state index in [2.05, 4.69) is 0 Å². The molecule has 0 radical (unpaired) electrons. The molecule has 0 atom stereocenters. The maximum Gasteiger partial charge on any atom is 0.257 e. The van der Waals surface area contributed by atoms with Gasteiger partial charge in [0.1, 0.15) is 6.26 Å². The number of carbonyl (C=O) groups is 1. The number of carbonyl (C=O) groups excluding carboxylic acids is 1. The van der Waals surface area contributed by atoms with Crippen molar-refractivity contribution in [2.75, 3.05) is 6.54 Å². The van der Waals surface area contributed by atoms with E-state index in [0.717, 1.165) is 0 Å². The van der Waals surface area contributed by atoms with Gasteiger partial charge >= 0.3 is 0 Å². The van der Waals surface area contributed by atoms with E-state index in [0.29, 0.717) is 18.5 Å². The van der Waals surface area contributed by atoms with Crippen molar-refractivity contribution in [3.8, 4) is 6.07 Å². The number of amides is 1. The van der Waals surface area contributed by atoms with Gasteiger partial charge in [0.2, 0.25) is 0 Å². The Bertz CT molecular complexity index is 349. The summed E-state index contributed by atoms with van der Waals surface area (Å²) in [6.07, 6.45) is 3.24. The second-order valence-corrected chi connectivity index (χ2v) is 3.51. The van der Waals surface area contributed by atoms with Crippen LogP contribution in [0.15, 0.2) is 23.0 Å². The lowest BCUT2D eigenvalue weighted by Crippen LogP contribution is -2.37. The Balaban J connectivity index is 2.73. The molecule has 0 unspecified atom stereocenters. The Labute approximate surface area is 89.1 Å². The molecule has 80 valence electrons. The maximum absolute atomic E-state index is 11.9. The van der Waals surface area contributed by atoms with Gasteiger partial charge in [0.05, 0.1) is 24.3 Å². The summed E-state index contributed by atoms with van der Waals surface area (Å²) in [6, 6.07) is 3.75. The second-order valence-electron chi connectivity index (χ2n) is 3.51. The molecule has 1 aromatic heterocycles. The molecule has 15 heavy (non-hydrogen) atoms. The minimum atomic E-state index is -0.0889. The van der Waals surface area contributed by atoms with Crippen molar-refractivity contribution in [3.63, 3.8) is 0 Å². The Morgan fingerprint density at radius 1 is 1.67 bits per heavy atom. The molecule has 0 saturated carbocycles. The summed E-state index contributed by atoms with van der Waals surface area (Å²) in [5, 5.41) is 8.50. The van der Waals surface area contributed by atoms with E-state index in [-0.39, 0.29) is 11.9 Å². The Morgan fingerprint density at radius 2 is 2.40 bits per heavy atom. The fourth-order valence-electron chi connectivity index (χ4n) is 1.32. The SMILES string of the molecule is CC(C)N(CCC#N)C(=O)c1ccoc1. The lowest BCUT2D eigenvalue weighted by molar-refractivity contribution is 0.0709. The molecular formula is C11H14N2O2. The second kappa shape index (κ2) is 5.20. The quantitative estimate of drug-likeness (QED) is 0.757. The van der Waals surface area contributed by atoms with E-state index in [9.17, 15) is 4.79 Å². The van der Waals surface area contributed by atoms with Crippen molar-refractivity contribution >= 4 is 5.91 Å². The summed E-state index contributed by atoms with van der Waals surface area (Å²) in [6.45, 7) is 4.31. The highest BCUT2D eigenvalue weighted by Gasteiger charge is 2.18. The van der Waals surface area contributed by atoms with Crippen LogP contribution in [0.2, 0.25) is 0 Å². The minimum absolute atomic E-state index is 0.0840. The third-order valence-corrected chi connectivity index (χ3v) is 2.12. The molecule has 1 amide bonds. The molecule has 4 nitrogen and oxygen atoms in total. The van der Waals surface area contributed by atoms with Gasteiger partial charge in [0.15, 0.2) is 0 Å². The van der Waals surface area contributed by atoms with Crippen LogP contribution >= 0.6 is 0 Å². The van der Waals surface area contributed by atoms with Crippen LogP contribution in [-0.4, -0.2) is 23.4 Å². The van der Waals surface area contributed by atoms with Crippen LogP contribution in [0.5, 0.6) is 0 Å². The normalized spacial score (nSPS) is 10.0. The molecule has 0 aromatic carbocycles. The lowest BCUT2D eigenvalue weighted by atomic mass is 10.2.